The van der Waals surface area contributed by atoms with Gasteiger partial charge in [-0.2, -0.15) is 5.10 Å². The molecule has 0 aliphatic carbocycles. The van der Waals surface area contributed by atoms with E-state index in [1.807, 2.05) is 0 Å². The summed E-state index contributed by atoms with van der Waals surface area (Å²) in [5.41, 5.74) is 7.88. The summed E-state index contributed by atoms with van der Waals surface area (Å²) in [6, 6.07) is 1.65. The van der Waals surface area contributed by atoms with E-state index in [0.29, 0.717) is 22.6 Å². The summed E-state index contributed by atoms with van der Waals surface area (Å²) in [5.74, 6) is -0.228. The van der Waals surface area contributed by atoms with Gasteiger partial charge in [0.1, 0.15) is 0 Å². The second-order valence-electron chi connectivity index (χ2n) is 3.72. The normalized spacial score (nSPS) is 10.2. The summed E-state index contributed by atoms with van der Waals surface area (Å²) >= 11 is 0. The molecule has 0 aliphatic heterocycles. The number of amides is 1. The molecule has 2 aromatic heterocycles. The van der Waals surface area contributed by atoms with E-state index in [4.69, 9.17) is 5.73 Å². The van der Waals surface area contributed by atoms with Crippen molar-refractivity contribution in [3.05, 3.63) is 35.9 Å². The van der Waals surface area contributed by atoms with Gasteiger partial charge in [0.25, 0.3) is 5.91 Å². The molecule has 0 aromatic carbocycles. The van der Waals surface area contributed by atoms with Gasteiger partial charge in [0.05, 0.1) is 28.8 Å². The number of carbonyl (C=O) groups is 1. The molecule has 0 aliphatic rings. The molecule has 2 aromatic rings. The Morgan fingerprint density at radius 1 is 1.53 bits per heavy atom. The van der Waals surface area contributed by atoms with Gasteiger partial charge < -0.3 is 11.1 Å². The standard InChI is InChI=1S/C11H13N5O/c1-7-8(6-16(2)15-7)11(17)14-10-3-4-13-5-9(10)12/h3-6H,12H2,1-2H3,(H,13,14,17). The number of pyridine rings is 1. The summed E-state index contributed by atoms with van der Waals surface area (Å²) < 4.78 is 1.60. The van der Waals surface area contributed by atoms with Crippen LogP contribution >= 0.6 is 0 Å². The first-order valence-electron chi connectivity index (χ1n) is 5.09. The molecule has 2 rings (SSSR count). The van der Waals surface area contributed by atoms with Crippen LogP contribution in [0, 0.1) is 6.92 Å². The fraction of sp³-hybridized carbons (Fsp3) is 0.182. The molecule has 0 saturated carbocycles. The third kappa shape index (κ3) is 2.25. The predicted octanol–water partition coefficient (Wildman–Crippen LogP) is 0.958. The second kappa shape index (κ2) is 4.25. The van der Waals surface area contributed by atoms with Gasteiger partial charge in [-0.1, -0.05) is 0 Å². The number of hydrogen-bond donors (Lipinski definition) is 2. The predicted molar refractivity (Wildman–Crippen MR) is 64.5 cm³/mol. The second-order valence-corrected chi connectivity index (χ2v) is 3.72. The summed E-state index contributed by atoms with van der Waals surface area (Å²) in [5, 5.41) is 6.83. The van der Waals surface area contributed by atoms with E-state index < -0.39 is 0 Å². The van der Waals surface area contributed by atoms with Crippen LogP contribution in [0.15, 0.2) is 24.7 Å². The molecule has 0 atom stereocenters. The van der Waals surface area contributed by atoms with Gasteiger partial charge in [0.15, 0.2) is 0 Å². The first kappa shape index (κ1) is 11.1. The molecule has 3 N–H and O–H groups in total. The fourth-order valence-electron chi connectivity index (χ4n) is 1.53. The van der Waals surface area contributed by atoms with E-state index in [0.717, 1.165) is 0 Å². The molecule has 6 heteroatoms. The minimum Gasteiger partial charge on any atom is -0.396 e. The lowest BCUT2D eigenvalue weighted by Gasteiger charge is -2.06. The topological polar surface area (TPSA) is 85.8 Å². The van der Waals surface area contributed by atoms with E-state index in [1.54, 1.807) is 37.1 Å². The van der Waals surface area contributed by atoms with Gasteiger partial charge in [-0.15, -0.1) is 0 Å². The van der Waals surface area contributed by atoms with Crippen LogP contribution in [-0.4, -0.2) is 20.7 Å². The number of nitrogens with two attached hydrogens (primary N) is 1. The van der Waals surface area contributed by atoms with E-state index in [-0.39, 0.29) is 5.91 Å². The molecular weight excluding hydrogens is 218 g/mol. The average molecular weight is 231 g/mol. The van der Waals surface area contributed by atoms with E-state index in [9.17, 15) is 4.79 Å². The Bertz CT molecular complexity index is 561. The van der Waals surface area contributed by atoms with Crippen molar-refractivity contribution in [3.8, 4) is 0 Å². The number of nitrogens with one attached hydrogen (secondary N) is 1. The highest BCUT2D eigenvalue weighted by molar-refractivity contribution is 6.06. The van der Waals surface area contributed by atoms with Crippen LogP contribution in [0.25, 0.3) is 0 Å². The highest BCUT2D eigenvalue weighted by atomic mass is 16.1. The van der Waals surface area contributed by atoms with Crippen molar-refractivity contribution in [2.45, 2.75) is 6.92 Å². The van der Waals surface area contributed by atoms with Crippen molar-refractivity contribution in [1.82, 2.24) is 14.8 Å². The Morgan fingerprint density at radius 2 is 2.29 bits per heavy atom. The molecule has 17 heavy (non-hydrogen) atoms. The molecule has 6 nitrogen and oxygen atoms in total. The molecule has 1 amide bonds. The van der Waals surface area contributed by atoms with Crippen molar-refractivity contribution >= 4 is 17.3 Å². The van der Waals surface area contributed by atoms with Crippen LogP contribution in [0.3, 0.4) is 0 Å². The lowest BCUT2D eigenvalue weighted by molar-refractivity contribution is 0.102. The number of rotatable bonds is 2. The van der Waals surface area contributed by atoms with Crippen LogP contribution < -0.4 is 11.1 Å². The molecule has 2 heterocycles. The summed E-state index contributed by atoms with van der Waals surface area (Å²) in [6.07, 6.45) is 4.73. The van der Waals surface area contributed by atoms with Gasteiger partial charge in [-0.25, -0.2) is 0 Å². The average Bonchev–Trinajstić information content (AvgIpc) is 2.61. The number of hydrogen-bond acceptors (Lipinski definition) is 4. The largest absolute Gasteiger partial charge is 0.396 e. The van der Waals surface area contributed by atoms with E-state index >= 15 is 0 Å². The highest BCUT2D eigenvalue weighted by Gasteiger charge is 2.13. The van der Waals surface area contributed by atoms with Gasteiger partial charge in [0, 0.05) is 19.4 Å². The van der Waals surface area contributed by atoms with Crippen LogP contribution in [0.4, 0.5) is 11.4 Å². The molecule has 0 unspecified atom stereocenters. The monoisotopic (exact) mass is 231 g/mol. The maximum atomic E-state index is 12.0. The van der Waals surface area contributed by atoms with Gasteiger partial charge in [-0.05, 0) is 13.0 Å². The lowest BCUT2D eigenvalue weighted by Crippen LogP contribution is -2.13. The SMILES string of the molecule is Cc1nn(C)cc1C(=O)Nc1ccncc1N. The first-order valence-corrected chi connectivity index (χ1v) is 5.09. The number of aromatic nitrogens is 3. The Labute approximate surface area is 98.5 Å². The Kier molecular flexibility index (Phi) is 2.78. The number of carbonyl (C=O) groups excluding carboxylic acids is 1. The maximum Gasteiger partial charge on any atom is 0.259 e. The third-order valence-electron chi connectivity index (χ3n) is 2.36. The quantitative estimate of drug-likeness (QED) is 0.806. The van der Waals surface area contributed by atoms with Crippen LogP contribution in [0.1, 0.15) is 16.1 Å². The van der Waals surface area contributed by atoms with Gasteiger partial charge in [0.2, 0.25) is 0 Å². The third-order valence-corrected chi connectivity index (χ3v) is 2.36. The lowest BCUT2D eigenvalue weighted by atomic mass is 10.2. The van der Waals surface area contributed by atoms with Crippen molar-refractivity contribution in [1.29, 1.82) is 0 Å². The molecule has 88 valence electrons. The number of aryl methyl sites for hydroxylation is 2. The van der Waals surface area contributed by atoms with E-state index in [1.165, 1.54) is 6.20 Å². The summed E-state index contributed by atoms with van der Waals surface area (Å²) in [4.78, 5) is 15.8. The minimum atomic E-state index is -0.228. The zero-order chi connectivity index (χ0) is 12.4. The minimum absolute atomic E-state index is 0.228. The van der Waals surface area contributed by atoms with Crippen molar-refractivity contribution in [2.24, 2.45) is 7.05 Å². The van der Waals surface area contributed by atoms with Crippen LogP contribution in [0.5, 0.6) is 0 Å². The zero-order valence-electron chi connectivity index (χ0n) is 9.64. The molecular formula is C11H13N5O. The van der Waals surface area contributed by atoms with Gasteiger partial charge in [-0.3, -0.25) is 14.5 Å². The first-order chi connectivity index (χ1) is 8.08. The van der Waals surface area contributed by atoms with Gasteiger partial charge >= 0.3 is 0 Å². The maximum absolute atomic E-state index is 12.0. The van der Waals surface area contributed by atoms with Crippen molar-refractivity contribution < 1.29 is 4.79 Å². The summed E-state index contributed by atoms with van der Waals surface area (Å²) in [7, 11) is 1.77. The van der Waals surface area contributed by atoms with E-state index in [2.05, 4.69) is 15.4 Å². The smallest absolute Gasteiger partial charge is 0.259 e. The Morgan fingerprint density at radius 3 is 2.88 bits per heavy atom. The molecule has 0 radical (unpaired) electrons. The van der Waals surface area contributed by atoms with Crippen molar-refractivity contribution in [2.75, 3.05) is 11.1 Å². The zero-order valence-corrected chi connectivity index (χ0v) is 9.64. The summed E-state index contributed by atoms with van der Waals surface area (Å²) in [6.45, 7) is 1.78. The number of nitrogen functional groups attached to an aromatic ring is 1. The molecule has 0 spiro atoms. The number of anilines is 2. The fourth-order valence-corrected chi connectivity index (χ4v) is 1.53. The van der Waals surface area contributed by atoms with Crippen molar-refractivity contribution in [3.63, 3.8) is 0 Å². The highest BCUT2D eigenvalue weighted by Crippen LogP contribution is 2.17. The molecule has 0 saturated heterocycles. The van der Waals surface area contributed by atoms with Crippen LogP contribution in [-0.2, 0) is 7.05 Å². The Hall–Kier alpha value is -2.37. The molecule has 0 fully saturated rings. The number of nitrogens with zero attached hydrogens (tertiary/aromatic N) is 3. The molecule has 0 bridgehead atoms. The Balaban J connectivity index is 2.23. The van der Waals surface area contributed by atoms with Crippen LogP contribution in [0.2, 0.25) is 0 Å².